The maximum absolute atomic E-state index is 14.4. The highest BCUT2D eigenvalue weighted by molar-refractivity contribution is 6.09. The highest BCUT2D eigenvalue weighted by Gasteiger charge is 2.62. The molecule has 7 rings (SSSR count). The average Bonchev–Trinajstić information content (AvgIpc) is 3.29. The number of hydrogen-bond donors (Lipinski definition) is 1. The molecule has 0 spiro atoms. The van der Waals surface area contributed by atoms with Crippen molar-refractivity contribution in [1.82, 2.24) is 0 Å². The van der Waals surface area contributed by atoms with E-state index in [2.05, 4.69) is 13.8 Å². The van der Waals surface area contributed by atoms with Crippen LogP contribution >= 0.6 is 0 Å². The quantitative estimate of drug-likeness (QED) is 0.386. The average molecular weight is 573 g/mol. The SMILES string of the molecule is CC1(C)COC(C)([C@@H]2C[C@H]3C(=O)c4c(cc5cccc(OCc6ccccc6)c5c4O)C[C@@H]3[C@H]3OC(C)(C)O[C@H]32)OC1. The topological polar surface area (TPSA) is 83.5 Å². The summed E-state index contributed by atoms with van der Waals surface area (Å²) in [6.07, 6.45) is 0.583. The van der Waals surface area contributed by atoms with Crippen LogP contribution in [0.15, 0.2) is 54.6 Å². The third-order valence-electron chi connectivity index (χ3n) is 9.64. The molecule has 4 aliphatic rings. The van der Waals surface area contributed by atoms with Crippen LogP contribution < -0.4 is 4.74 Å². The Bertz CT molecular complexity index is 1520. The van der Waals surface area contributed by atoms with Gasteiger partial charge in [-0.15, -0.1) is 0 Å². The van der Waals surface area contributed by atoms with Crippen molar-refractivity contribution >= 4 is 16.6 Å². The molecule has 1 N–H and O–H groups in total. The summed E-state index contributed by atoms with van der Waals surface area (Å²) in [5.74, 6) is -1.84. The number of aromatic hydroxyl groups is 1. The highest BCUT2D eigenvalue weighted by atomic mass is 16.8. The van der Waals surface area contributed by atoms with Crippen molar-refractivity contribution in [1.29, 1.82) is 0 Å². The second-order valence-electron chi connectivity index (χ2n) is 13.9. The maximum atomic E-state index is 14.4. The molecule has 3 aromatic rings. The van der Waals surface area contributed by atoms with Gasteiger partial charge in [0, 0.05) is 23.2 Å². The van der Waals surface area contributed by atoms with E-state index >= 15 is 0 Å². The van der Waals surface area contributed by atoms with Crippen LogP contribution in [0.25, 0.3) is 10.8 Å². The molecule has 3 aromatic carbocycles. The summed E-state index contributed by atoms with van der Waals surface area (Å²) in [6.45, 7) is 11.6. The summed E-state index contributed by atoms with van der Waals surface area (Å²) in [4.78, 5) is 14.4. The molecular weight excluding hydrogens is 532 g/mol. The number of phenolic OH excluding ortho intramolecular Hbond substituents is 1. The van der Waals surface area contributed by atoms with Crippen molar-refractivity contribution in [3.05, 3.63) is 71.3 Å². The van der Waals surface area contributed by atoms with Gasteiger partial charge in [0.15, 0.2) is 17.4 Å². The maximum Gasteiger partial charge on any atom is 0.170 e. The fourth-order valence-corrected chi connectivity index (χ4v) is 7.51. The number of rotatable bonds is 4. The van der Waals surface area contributed by atoms with Crippen LogP contribution in [0.2, 0.25) is 0 Å². The Labute approximate surface area is 247 Å². The molecule has 0 radical (unpaired) electrons. The van der Waals surface area contributed by atoms with E-state index in [9.17, 15) is 9.90 Å². The lowest BCUT2D eigenvalue weighted by Crippen LogP contribution is -2.60. The molecule has 0 aromatic heterocycles. The first-order valence-corrected chi connectivity index (χ1v) is 15.1. The number of fused-ring (bicyclic) bond motifs is 5. The third kappa shape index (κ3) is 4.62. The predicted octanol–water partition coefficient (Wildman–Crippen LogP) is 6.42. The molecule has 2 heterocycles. The highest BCUT2D eigenvalue weighted by Crippen LogP contribution is 2.55. The van der Waals surface area contributed by atoms with Crippen molar-refractivity contribution in [2.45, 2.75) is 77.8 Å². The molecule has 3 fully saturated rings. The van der Waals surface area contributed by atoms with Crippen LogP contribution in [0.5, 0.6) is 11.5 Å². The van der Waals surface area contributed by atoms with Crippen molar-refractivity contribution < 1.29 is 33.6 Å². The van der Waals surface area contributed by atoms with Gasteiger partial charge in [0.2, 0.25) is 0 Å². The Balaban J connectivity index is 1.26. The van der Waals surface area contributed by atoms with Crippen LogP contribution in [0.4, 0.5) is 0 Å². The van der Waals surface area contributed by atoms with E-state index in [1.807, 2.05) is 75.4 Å². The summed E-state index contributed by atoms with van der Waals surface area (Å²) in [5, 5.41) is 13.1. The molecule has 2 saturated heterocycles. The molecule has 2 aliphatic heterocycles. The minimum Gasteiger partial charge on any atom is -0.506 e. The minimum absolute atomic E-state index is 0.00432. The molecule has 42 heavy (non-hydrogen) atoms. The monoisotopic (exact) mass is 572 g/mol. The minimum atomic E-state index is -0.905. The van der Waals surface area contributed by atoms with Gasteiger partial charge in [-0.2, -0.15) is 0 Å². The smallest absolute Gasteiger partial charge is 0.170 e. The van der Waals surface area contributed by atoms with E-state index in [0.717, 1.165) is 16.5 Å². The molecule has 0 unspecified atom stereocenters. The fourth-order valence-electron chi connectivity index (χ4n) is 7.51. The number of carbonyl (C=O) groups is 1. The summed E-state index contributed by atoms with van der Waals surface area (Å²) in [6, 6.07) is 17.7. The first kappa shape index (κ1) is 27.8. The Kier molecular flexibility index (Phi) is 6.48. The standard InChI is InChI=1S/C35H40O7/c1-33(2)18-39-35(5,40-19-33)25-16-23-24(31-32(25)42-34(3,4)41-31)15-22-14-21-12-9-13-26(27(21)30(37)28(22)29(23)36)38-17-20-10-7-6-8-11-20/h6-14,23-25,31-32,37H,15-19H2,1-5H3/t23-,24+,25-,31-,32+/m1/s1. The second kappa shape index (κ2) is 9.78. The van der Waals surface area contributed by atoms with E-state index in [1.165, 1.54) is 0 Å². The first-order chi connectivity index (χ1) is 19.9. The number of benzene rings is 3. The van der Waals surface area contributed by atoms with Gasteiger partial charge >= 0.3 is 0 Å². The van der Waals surface area contributed by atoms with E-state index in [4.69, 9.17) is 23.7 Å². The van der Waals surface area contributed by atoms with Crippen LogP contribution in [0.1, 0.15) is 62.5 Å². The zero-order valence-electron chi connectivity index (χ0n) is 25.0. The van der Waals surface area contributed by atoms with Crippen LogP contribution in [0, 0.1) is 23.2 Å². The third-order valence-corrected chi connectivity index (χ3v) is 9.64. The molecule has 2 aliphatic carbocycles. The number of carbonyl (C=O) groups excluding carboxylic acids is 1. The molecule has 1 saturated carbocycles. The lowest BCUT2D eigenvalue weighted by molar-refractivity contribution is -0.330. The number of ether oxygens (including phenoxy) is 5. The summed E-state index contributed by atoms with van der Waals surface area (Å²) < 4.78 is 32.1. The lowest BCUT2D eigenvalue weighted by Gasteiger charge is -2.52. The van der Waals surface area contributed by atoms with E-state index in [1.54, 1.807) is 0 Å². The molecule has 7 heteroatoms. The van der Waals surface area contributed by atoms with Crippen molar-refractivity contribution in [2.24, 2.45) is 23.2 Å². The Morgan fingerprint density at radius 3 is 2.38 bits per heavy atom. The van der Waals surface area contributed by atoms with Gasteiger partial charge in [0.05, 0.1) is 36.4 Å². The van der Waals surface area contributed by atoms with Gasteiger partial charge in [-0.3, -0.25) is 4.79 Å². The van der Waals surface area contributed by atoms with Gasteiger partial charge in [0.1, 0.15) is 18.1 Å². The molecule has 222 valence electrons. The number of ketones is 1. The first-order valence-electron chi connectivity index (χ1n) is 15.1. The zero-order valence-corrected chi connectivity index (χ0v) is 25.0. The van der Waals surface area contributed by atoms with E-state index in [0.29, 0.717) is 49.4 Å². The Morgan fingerprint density at radius 2 is 1.64 bits per heavy atom. The Morgan fingerprint density at radius 1 is 0.929 bits per heavy atom. The van der Waals surface area contributed by atoms with Crippen molar-refractivity contribution in [3.63, 3.8) is 0 Å². The summed E-state index contributed by atoms with van der Waals surface area (Å²) in [7, 11) is 0. The number of hydrogen-bond acceptors (Lipinski definition) is 7. The van der Waals surface area contributed by atoms with Gasteiger partial charge in [0.25, 0.3) is 0 Å². The molecule has 0 bridgehead atoms. The fraction of sp³-hybridized carbons (Fsp3) is 0.514. The number of phenols is 1. The lowest BCUT2D eigenvalue weighted by atomic mass is 9.61. The molecule has 7 nitrogen and oxygen atoms in total. The zero-order chi connectivity index (χ0) is 29.4. The van der Waals surface area contributed by atoms with Crippen molar-refractivity contribution in [3.8, 4) is 11.5 Å². The van der Waals surface area contributed by atoms with E-state index < -0.39 is 11.6 Å². The normalized spacial score (nSPS) is 30.8. The predicted molar refractivity (Wildman–Crippen MR) is 157 cm³/mol. The second-order valence-corrected chi connectivity index (χ2v) is 13.9. The van der Waals surface area contributed by atoms with Gasteiger partial charge < -0.3 is 28.8 Å². The molecule has 5 atom stereocenters. The van der Waals surface area contributed by atoms with Gasteiger partial charge in [-0.1, -0.05) is 62.4 Å². The van der Waals surface area contributed by atoms with Gasteiger partial charge in [-0.05, 0) is 56.2 Å². The largest absolute Gasteiger partial charge is 0.506 e. The number of Topliss-reactive ketones (excluding diaryl/α,β-unsaturated/α-hetero) is 1. The summed E-state index contributed by atoms with van der Waals surface area (Å²) >= 11 is 0. The van der Waals surface area contributed by atoms with E-state index in [-0.39, 0.29) is 46.9 Å². The van der Waals surface area contributed by atoms with Gasteiger partial charge in [-0.25, -0.2) is 0 Å². The van der Waals surface area contributed by atoms with Crippen LogP contribution in [0.3, 0.4) is 0 Å². The molecular formula is C35H40O7. The van der Waals surface area contributed by atoms with Crippen molar-refractivity contribution in [2.75, 3.05) is 13.2 Å². The van der Waals surface area contributed by atoms with Crippen LogP contribution in [-0.4, -0.2) is 47.9 Å². The summed E-state index contributed by atoms with van der Waals surface area (Å²) in [5.41, 5.74) is 2.18. The molecule has 0 amide bonds. The Hall–Kier alpha value is -2.97. The van der Waals surface area contributed by atoms with Crippen LogP contribution in [-0.2, 0) is 32.0 Å².